The van der Waals surface area contributed by atoms with Gasteiger partial charge in [-0.25, -0.2) is 9.37 Å². The smallest absolute Gasteiger partial charge is 0.224 e. The largest absolute Gasteiger partial charge is 0.394 e. The molecule has 0 bridgehead atoms. The number of aromatic nitrogens is 4. The van der Waals surface area contributed by atoms with E-state index in [1.807, 2.05) is 18.7 Å². The first kappa shape index (κ1) is 15.9. The van der Waals surface area contributed by atoms with Gasteiger partial charge in [0.2, 0.25) is 5.95 Å². The average Bonchev–Trinajstić information content (AvgIpc) is 3.11. The molecule has 1 aliphatic rings. The van der Waals surface area contributed by atoms with Crippen molar-refractivity contribution in [1.82, 2.24) is 19.5 Å². The van der Waals surface area contributed by atoms with Crippen LogP contribution in [0.1, 0.15) is 26.5 Å². The summed E-state index contributed by atoms with van der Waals surface area (Å²) in [6, 6.07) is 0. The maximum Gasteiger partial charge on any atom is 0.224 e. The molecule has 3 rings (SSSR count). The van der Waals surface area contributed by atoms with E-state index in [2.05, 4.69) is 15.0 Å². The number of anilines is 2. The number of nitrogen functional groups attached to an aromatic ring is 1. The normalized spacial score (nSPS) is 24.4. The van der Waals surface area contributed by atoms with E-state index in [1.54, 1.807) is 10.9 Å². The van der Waals surface area contributed by atoms with Gasteiger partial charge in [0, 0.05) is 19.5 Å². The molecule has 8 nitrogen and oxygen atoms in total. The van der Waals surface area contributed by atoms with Gasteiger partial charge in [-0.3, -0.25) is 4.57 Å². The summed E-state index contributed by atoms with van der Waals surface area (Å²) in [7, 11) is 0. The lowest BCUT2D eigenvalue weighted by Gasteiger charge is -2.20. The lowest BCUT2D eigenvalue weighted by molar-refractivity contribution is -0.0323. The fourth-order valence-corrected chi connectivity index (χ4v) is 2.90. The molecule has 9 heteroatoms. The molecular formula is C14H21FN6O2. The third-order valence-electron chi connectivity index (χ3n) is 4.14. The zero-order chi connectivity index (χ0) is 16.6. The van der Waals surface area contributed by atoms with Crippen molar-refractivity contribution < 1.29 is 14.2 Å². The van der Waals surface area contributed by atoms with E-state index in [0.29, 0.717) is 17.0 Å². The zero-order valence-electron chi connectivity index (χ0n) is 13.2. The number of alkyl halides is 1. The summed E-state index contributed by atoms with van der Waals surface area (Å²) in [6.07, 6.45) is -0.904. The van der Waals surface area contributed by atoms with Crippen molar-refractivity contribution in [3.8, 4) is 0 Å². The molecule has 0 spiro atoms. The van der Waals surface area contributed by atoms with Crippen LogP contribution in [0.4, 0.5) is 16.2 Å². The van der Waals surface area contributed by atoms with Gasteiger partial charge in [0.05, 0.1) is 12.9 Å². The summed E-state index contributed by atoms with van der Waals surface area (Å²) in [5.41, 5.74) is 6.95. The van der Waals surface area contributed by atoms with Crippen molar-refractivity contribution in [1.29, 1.82) is 0 Å². The van der Waals surface area contributed by atoms with Gasteiger partial charge in [-0.1, -0.05) is 0 Å². The third-order valence-corrected chi connectivity index (χ3v) is 4.14. The highest BCUT2D eigenvalue weighted by Gasteiger charge is 2.37. The first-order chi connectivity index (χ1) is 11.1. The Kier molecular flexibility index (Phi) is 4.31. The fourth-order valence-electron chi connectivity index (χ4n) is 2.90. The lowest BCUT2D eigenvalue weighted by atomic mass is 10.2. The Morgan fingerprint density at radius 1 is 1.43 bits per heavy atom. The molecule has 3 heterocycles. The minimum atomic E-state index is -1.22. The molecular weight excluding hydrogens is 303 g/mol. The monoisotopic (exact) mass is 324 g/mol. The second-order valence-electron chi connectivity index (χ2n) is 5.47. The number of halogens is 1. The Labute approximate surface area is 133 Å². The molecule has 1 saturated heterocycles. The van der Waals surface area contributed by atoms with Crippen LogP contribution in [0.25, 0.3) is 11.2 Å². The number of ether oxygens (including phenoxy) is 1. The number of hydrogen-bond donors (Lipinski definition) is 2. The predicted octanol–water partition coefficient (Wildman–Crippen LogP) is 0.873. The minimum absolute atomic E-state index is 0.134. The Balaban J connectivity index is 2.04. The van der Waals surface area contributed by atoms with Crippen LogP contribution in [0, 0.1) is 0 Å². The summed E-state index contributed by atoms with van der Waals surface area (Å²) in [5.74, 6) is 0.791. The second kappa shape index (κ2) is 6.25. The Bertz CT molecular complexity index is 689. The van der Waals surface area contributed by atoms with Crippen LogP contribution in [0.5, 0.6) is 0 Å². The van der Waals surface area contributed by atoms with Crippen molar-refractivity contribution >= 4 is 22.9 Å². The zero-order valence-corrected chi connectivity index (χ0v) is 13.2. The van der Waals surface area contributed by atoms with Crippen LogP contribution in [-0.4, -0.2) is 56.6 Å². The molecule has 0 unspecified atom stereocenters. The molecule has 3 N–H and O–H groups in total. The van der Waals surface area contributed by atoms with Gasteiger partial charge in [-0.2, -0.15) is 9.97 Å². The Morgan fingerprint density at radius 3 is 2.78 bits per heavy atom. The summed E-state index contributed by atoms with van der Waals surface area (Å²) in [5, 5.41) is 9.15. The van der Waals surface area contributed by atoms with Gasteiger partial charge in [0.15, 0.2) is 17.0 Å². The number of aliphatic hydroxyl groups excluding tert-OH is 1. The third kappa shape index (κ3) is 2.70. The standard InChI is InChI=1S/C14H21FN6O2/c1-3-20(4-2)12-11-13(19-14(16)18-12)21(7-17-11)10-5-8(15)9(6-22)23-10/h7-10,22H,3-6H2,1-2H3,(H2,16,18,19)/t8-,9+,10+/m0/s1. The summed E-state index contributed by atoms with van der Waals surface area (Å²) in [4.78, 5) is 14.9. The van der Waals surface area contributed by atoms with E-state index >= 15 is 0 Å². The van der Waals surface area contributed by atoms with Crippen LogP contribution >= 0.6 is 0 Å². The van der Waals surface area contributed by atoms with Crippen molar-refractivity contribution in [2.45, 2.75) is 38.8 Å². The number of imidazole rings is 1. The maximum absolute atomic E-state index is 13.8. The van der Waals surface area contributed by atoms with Crippen molar-refractivity contribution in [3.05, 3.63) is 6.33 Å². The Morgan fingerprint density at radius 2 is 2.17 bits per heavy atom. The van der Waals surface area contributed by atoms with Gasteiger partial charge >= 0.3 is 0 Å². The first-order valence-electron chi connectivity index (χ1n) is 7.74. The van der Waals surface area contributed by atoms with Crippen molar-refractivity contribution in [2.75, 3.05) is 30.3 Å². The van der Waals surface area contributed by atoms with Gasteiger partial charge in [-0.15, -0.1) is 0 Å². The van der Waals surface area contributed by atoms with Crippen molar-refractivity contribution in [2.24, 2.45) is 0 Å². The molecule has 1 fully saturated rings. The number of nitrogens with two attached hydrogens (primary N) is 1. The van der Waals surface area contributed by atoms with E-state index < -0.39 is 18.5 Å². The van der Waals surface area contributed by atoms with E-state index in [9.17, 15) is 4.39 Å². The molecule has 0 saturated carbocycles. The van der Waals surface area contributed by atoms with E-state index in [-0.39, 0.29) is 19.0 Å². The number of rotatable bonds is 5. The molecule has 0 amide bonds. The SMILES string of the molecule is CCN(CC)c1nc(N)nc2c1ncn2[C@H]1C[C@H](F)[C@@H](CO)O1. The maximum atomic E-state index is 13.8. The van der Waals surface area contributed by atoms with E-state index in [0.717, 1.165) is 13.1 Å². The topological polar surface area (TPSA) is 102 Å². The molecule has 0 aliphatic carbocycles. The molecule has 126 valence electrons. The summed E-state index contributed by atoms with van der Waals surface area (Å²) < 4.78 is 21.0. The van der Waals surface area contributed by atoms with Gasteiger partial charge in [0.1, 0.15) is 18.5 Å². The highest BCUT2D eigenvalue weighted by Crippen LogP contribution is 2.34. The second-order valence-corrected chi connectivity index (χ2v) is 5.47. The van der Waals surface area contributed by atoms with Gasteiger partial charge < -0.3 is 20.5 Å². The number of hydrogen-bond acceptors (Lipinski definition) is 7. The number of nitrogens with zero attached hydrogens (tertiary/aromatic N) is 5. The highest BCUT2D eigenvalue weighted by molar-refractivity contribution is 5.84. The Hall–Kier alpha value is -2.00. The summed E-state index contributed by atoms with van der Waals surface area (Å²) in [6.45, 7) is 5.20. The van der Waals surface area contributed by atoms with Crippen molar-refractivity contribution in [3.63, 3.8) is 0 Å². The van der Waals surface area contributed by atoms with E-state index in [1.165, 1.54) is 0 Å². The van der Waals surface area contributed by atoms with Crippen LogP contribution in [0.15, 0.2) is 6.33 Å². The lowest BCUT2D eigenvalue weighted by Crippen LogP contribution is -2.24. The molecule has 0 aromatic carbocycles. The predicted molar refractivity (Wildman–Crippen MR) is 83.8 cm³/mol. The van der Waals surface area contributed by atoms with Crippen LogP contribution in [0.3, 0.4) is 0 Å². The molecule has 2 aromatic heterocycles. The molecule has 0 radical (unpaired) electrons. The van der Waals surface area contributed by atoms with Crippen LogP contribution in [0.2, 0.25) is 0 Å². The highest BCUT2D eigenvalue weighted by atomic mass is 19.1. The minimum Gasteiger partial charge on any atom is -0.394 e. The fraction of sp³-hybridized carbons (Fsp3) is 0.643. The molecule has 1 aliphatic heterocycles. The van der Waals surface area contributed by atoms with Gasteiger partial charge in [-0.05, 0) is 13.8 Å². The molecule has 23 heavy (non-hydrogen) atoms. The van der Waals surface area contributed by atoms with Crippen LogP contribution < -0.4 is 10.6 Å². The van der Waals surface area contributed by atoms with Crippen LogP contribution in [-0.2, 0) is 4.74 Å². The van der Waals surface area contributed by atoms with E-state index in [4.69, 9.17) is 15.6 Å². The van der Waals surface area contributed by atoms with Gasteiger partial charge in [0.25, 0.3) is 0 Å². The molecule has 3 atom stereocenters. The quantitative estimate of drug-likeness (QED) is 0.841. The number of aliphatic hydroxyl groups is 1. The molecule has 2 aromatic rings. The first-order valence-corrected chi connectivity index (χ1v) is 7.74. The summed E-state index contributed by atoms with van der Waals surface area (Å²) >= 11 is 0. The number of fused-ring (bicyclic) bond motifs is 1. The average molecular weight is 324 g/mol.